The molecule has 0 radical (unpaired) electrons. The number of nitrogens with zero attached hydrogens (tertiary/aromatic N) is 1. The van der Waals surface area contributed by atoms with Crippen molar-refractivity contribution in [3.8, 4) is 0 Å². The van der Waals surface area contributed by atoms with E-state index in [1.807, 2.05) is 30.3 Å². The van der Waals surface area contributed by atoms with Crippen molar-refractivity contribution < 1.29 is 20.0 Å². The largest absolute Gasteiger partial charge is 0.382 e. The number of hydrogen-bond donors (Lipinski definition) is 2. The van der Waals surface area contributed by atoms with Crippen LogP contribution in [-0.4, -0.2) is 29.5 Å². The van der Waals surface area contributed by atoms with Gasteiger partial charge in [-0.05, 0) is 29.8 Å². The van der Waals surface area contributed by atoms with Gasteiger partial charge in [0.2, 0.25) is 5.91 Å². The van der Waals surface area contributed by atoms with Gasteiger partial charge in [-0.3, -0.25) is 9.59 Å². The molecule has 0 bridgehead atoms. The first-order valence-electron chi connectivity index (χ1n) is 7.75. The van der Waals surface area contributed by atoms with Gasteiger partial charge >= 0.3 is 0 Å². The first kappa shape index (κ1) is 16.8. The van der Waals surface area contributed by atoms with E-state index in [4.69, 9.17) is 0 Å². The summed E-state index contributed by atoms with van der Waals surface area (Å²) in [5.41, 5.74) is 1.38. The van der Waals surface area contributed by atoms with Gasteiger partial charge in [-0.25, -0.2) is 4.90 Å². The third-order valence-electron chi connectivity index (χ3n) is 4.09. The van der Waals surface area contributed by atoms with E-state index in [1.165, 1.54) is 4.90 Å². The highest BCUT2D eigenvalue weighted by Gasteiger charge is 2.42. The Bertz CT molecular complexity index is 734. The third-order valence-corrected chi connectivity index (χ3v) is 4.62. The summed E-state index contributed by atoms with van der Waals surface area (Å²) in [6.45, 7) is 0.335. The summed E-state index contributed by atoms with van der Waals surface area (Å²) < 4.78 is 0.888. The number of carbonyl (C=O) groups excluding carboxylic acids is 2. The summed E-state index contributed by atoms with van der Waals surface area (Å²) >= 11 is 3.34. The summed E-state index contributed by atoms with van der Waals surface area (Å²) in [5.74, 6) is -0.444. The van der Waals surface area contributed by atoms with E-state index in [1.54, 1.807) is 29.6 Å². The number of carbonyl (C=O) groups is 2. The molecule has 2 aromatic carbocycles. The molecule has 24 heavy (non-hydrogen) atoms. The molecule has 0 saturated carbocycles. The molecular formula is C18H18BrN2O3+. The molecule has 1 saturated heterocycles. The second-order valence-corrected chi connectivity index (χ2v) is 6.67. The lowest BCUT2D eigenvalue weighted by Gasteiger charge is -2.15. The molecule has 1 aliphatic rings. The molecule has 1 fully saturated rings. The number of benzene rings is 2. The van der Waals surface area contributed by atoms with Crippen LogP contribution in [0.15, 0.2) is 59.1 Å². The van der Waals surface area contributed by atoms with Crippen molar-refractivity contribution in [1.29, 1.82) is 0 Å². The molecule has 0 unspecified atom stereocenters. The maximum atomic E-state index is 12.5. The van der Waals surface area contributed by atoms with E-state index >= 15 is 0 Å². The molecule has 0 aromatic heterocycles. The lowest BCUT2D eigenvalue weighted by atomic mass is 10.1. The first-order valence-corrected chi connectivity index (χ1v) is 8.54. The van der Waals surface area contributed by atoms with E-state index in [2.05, 4.69) is 15.9 Å². The monoisotopic (exact) mass is 389 g/mol. The lowest BCUT2D eigenvalue weighted by Crippen LogP contribution is -2.92. The molecule has 2 amide bonds. The van der Waals surface area contributed by atoms with Gasteiger partial charge < -0.3 is 10.4 Å². The van der Waals surface area contributed by atoms with Crippen LogP contribution in [-0.2, 0) is 9.59 Å². The zero-order valence-corrected chi connectivity index (χ0v) is 14.5. The van der Waals surface area contributed by atoms with E-state index in [0.29, 0.717) is 12.2 Å². The molecule has 3 N–H and O–H groups in total. The molecule has 6 heteroatoms. The summed E-state index contributed by atoms with van der Waals surface area (Å²) in [6, 6.07) is 15.9. The minimum absolute atomic E-state index is 0.149. The van der Waals surface area contributed by atoms with Crippen LogP contribution >= 0.6 is 15.9 Å². The van der Waals surface area contributed by atoms with Crippen LogP contribution in [0.2, 0.25) is 0 Å². The molecule has 124 valence electrons. The summed E-state index contributed by atoms with van der Waals surface area (Å²) in [4.78, 5) is 26.0. The van der Waals surface area contributed by atoms with Gasteiger partial charge in [0, 0.05) is 4.47 Å². The van der Waals surface area contributed by atoms with Gasteiger partial charge in [-0.15, -0.1) is 0 Å². The van der Waals surface area contributed by atoms with Gasteiger partial charge in [0.05, 0.1) is 12.1 Å². The highest BCUT2D eigenvalue weighted by atomic mass is 79.9. The van der Waals surface area contributed by atoms with Gasteiger partial charge in [0.25, 0.3) is 5.91 Å². The quantitative estimate of drug-likeness (QED) is 0.758. The predicted octanol–water partition coefficient (Wildman–Crippen LogP) is 1.38. The zero-order chi connectivity index (χ0) is 17.1. The topological polar surface area (TPSA) is 74.2 Å². The number of rotatable bonds is 5. The number of hydrogen-bond acceptors (Lipinski definition) is 3. The Morgan fingerprint density at radius 3 is 2.46 bits per heavy atom. The van der Waals surface area contributed by atoms with Gasteiger partial charge in [0.15, 0.2) is 6.04 Å². The number of aliphatic hydroxyl groups is 1. The Labute approximate surface area is 148 Å². The van der Waals surface area contributed by atoms with Crippen molar-refractivity contribution in [3.05, 3.63) is 64.6 Å². The molecule has 2 aromatic rings. The Balaban J connectivity index is 1.65. The maximum Gasteiger partial charge on any atom is 0.292 e. The lowest BCUT2D eigenvalue weighted by molar-refractivity contribution is -0.681. The number of anilines is 1. The van der Waals surface area contributed by atoms with Crippen molar-refractivity contribution in [2.75, 3.05) is 11.4 Å². The fourth-order valence-electron chi connectivity index (χ4n) is 2.81. The van der Waals surface area contributed by atoms with Crippen LogP contribution in [0.5, 0.6) is 0 Å². The van der Waals surface area contributed by atoms with Crippen LogP contribution in [0, 0.1) is 0 Å². The number of quaternary nitrogens is 1. The van der Waals surface area contributed by atoms with E-state index in [0.717, 1.165) is 10.0 Å². The summed E-state index contributed by atoms with van der Waals surface area (Å²) in [5, 5.41) is 11.9. The van der Waals surface area contributed by atoms with E-state index in [9.17, 15) is 14.7 Å². The Morgan fingerprint density at radius 1 is 1.12 bits per heavy atom. The SMILES string of the molecule is O=C1C[C@@H]([NH2+]C[C@@H](O)c2ccccc2)C(=O)N1c1ccc(Br)cc1. The normalized spacial score (nSPS) is 18.9. The number of halogens is 1. The van der Waals surface area contributed by atoms with Crippen LogP contribution in [0.3, 0.4) is 0 Å². The molecule has 1 aliphatic heterocycles. The van der Waals surface area contributed by atoms with Crippen LogP contribution in [0.1, 0.15) is 18.1 Å². The predicted molar refractivity (Wildman–Crippen MR) is 93.2 cm³/mol. The zero-order valence-electron chi connectivity index (χ0n) is 12.9. The fourth-order valence-corrected chi connectivity index (χ4v) is 3.07. The van der Waals surface area contributed by atoms with E-state index < -0.39 is 12.1 Å². The van der Waals surface area contributed by atoms with Crippen LogP contribution in [0.4, 0.5) is 5.69 Å². The fraction of sp³-hybridized carbons (Fsp3) is 0.222. The number of imide groups is 1. The minimum atomic E-state index is -0.671. The van der Waals surface area contributed by atoms with Crippen molar-refractivity contribution in [2.24, 2.45) is 0 Å². The van der Waals surface area contributed by atoms with Crippen molar-refractivity contribution in [1.82, 2.24) is 0 Å². The average Bonchev–Trinajstić information content (AvgIpc) is 2.88. The average molecular weight is 390 g/mol. The molecule has 1 heterocycles. The Morgan fingerprint density at radius 2 is 1.79 bits per heavy atom. The second kappa shape index (κ2) is 7.25. The molecule has 5 nitrogen and oxygen atoms in total. The van der Waals surface area contributed by atoms with Gasteiger partial charge in [0.1, 0.15) is 12.6 Å². The molecule has 3 rings (SSSR count). The number of aliphatic hydroxyl groups excluding tert-OH is 1. The Hall–Kier alpha value is -2.02. The van der Waals surface area contributed by atoms with Crippen molar-refractivity contribution >= 4 is 33.4 Å². The summed E-state index contributed by atoms with van der Waals surface area (Å²) in [6.07, 6.45) is -0.521. The minimum Gasteiger partial charge on any atom is -0.382 e. The van der Waals surface area contributed by atoms with Crippen LogP contribution < -0.4 is 10.2 Å². The third kappa shape index (κ3) is 3.56. The first-order chi connectivity index (χ1) is 11.6. The van der Waals surface area contributed by atoms with Gasteiger partial charge in [-0.1, -0.05) is 46.3 Å². The Kier molecular flexibility index (Phi) is 5.08. The molecular weight excluding hydrogens is 372 g/mol. The van der Waals surface area contributed by atoms with E-state index in [-0.39, 0.29) is 18.2 Å². The van der Waals surface area contributed by atoms with Crippen molar-refractivity contribution in [2.45, 2.75) is 18.6 Å². The van der Waals surface area contributed by atoms with Crippen molar-refractivity contribution in [3.63, 3.8) is 0 Å². The standard InChI is InChI=1S/C18H17BrN2O3/c19-13-6-8-14(9-7-13)21-17(23)10-15(18(21)24)20-11-16(22)12-4-2-1-3-5-12/h1-9,15-16,20,22H,10-11H2/p+1/t15-,16-/m1/s1. The second-order valence-electron chi connectivity index (χ2n) is 5.75. The van der Waals surface area contributed by atoms with Crippen LogP contribution in [0.25, 0.3) is 0 Å². The maximum absolute atomic E-state index is 12.5. The number of amides is 2. The molecule has 0 aliphatic carbocycles. The highest BCUT2D eigenvalue weighted by Crippen LogP contribution is 2.23. The smallest absolute Gasteiger partial charge is 0.292 e. The highest BCUT2D eigenvalue weighted by molar-refractivity contribution is 9.10. The number of nitrogens with two attached hydrogens (primary N) is 1. The summed E-state index contributed by atoms with van der Waals surface area (Å²) in [7, 11) is 0. The molecule has 0 spiro atoms. The van der Waals surface area contributed by atoms with Gasteiger partial charge in [-0.2, -0.15) is 0 Å². The molecule has 2 atom stereocenters.